The summed E-state index contributed by atoms with van der Waals surface area (Å²) in [5.74, 6) is 0. The van der Waals surface area contributed by atoms with E-state index in [0.717, 1.165) is 25.3 Å². The predicted molar refractivity (Wildman–Crippen MR) is 70.1 cm³/mol. The third kappa shape index (κ3) is 2.44. The molecule has 1 aromatic carbocycles. The maximum Gasteiger partial charge on any atom is 0.0681 e. The third-order valence-corrected chi connectivity index (χ3v) is 4.25. The van der Waals surface area contributed by atoms with Gasteiger partial charge in [0, 0.05) is 38.3 Å². The van der Waals surface area contributed by atoms with E-state index in [0.29, 0.717) is 5.41 Å². The van der Waals surface area contributed by atoms with Crippen LogP contribution in [-0.4, -0.2) is 36.3 Å². The molecule has 0 unspecified atom stereocenters. The number of aliphatic hydroxyl groups is 1. The van der Waals surface area contributed by atoms with Gasteiger partial charge in [0.05, 0.1) is 6.61 Å². The van der Waals surface area contributed by atoms with Crippen LogP contribution in [0, 0.1) is 5.41 Å². The van der Waals surface area contributed by atoms with Gasteiger partial charge in [-0.3, -0.25) is 4.90 Å². The minimum atomic E-state index is 0.134. The summed E-state index contributed by atoms with van der Waals surface area (Å²) in [4.78, 5) is 2.50. The van der Waals surface area contributed by atoms with Gasteiger partial charge in [-0.2, -0.15) is 0 Å². The Morgan fingerprint density at radius 3 is 2.61 bits per heavy atom. The normalized spacial score (nSPS) is 22.9. The van der Waals surface area contributed by atoms with Gasteiger partial charge in [0.1, 0.15) is 0 Å². The summed E-state index contributed by atoms with van der Waals surface area (Å²) in [5.41, 5.74) is 2.87. The monoisotopic (exact) mass is 247 g/mol. The first kappa shape index (κ1) is 12.2. The number of likely N-dealkylation sites (tertiary alicyclic amines) is 1. The highest BCUT2D eigenvalue weighted by Crippen LogP contribution is 2.40. The molecule has 2 aliphatic rings. The molecule has 0 bridgehead atoms. The van der Waals surface area contributed by atoms with Crippen LogP contribution in [-0.2, 0) is 17.9 Å². The fourth-order valence-corrected chi connectivity index (χ4v) is 3.22. The molecular formula is C15H21NO2. The second-order valence-corrected chi connectivity index (χ2v) is 5.74. The lowest BCUT2D eigenvalue weighted by Crippen LogP contribution is -2.57. The molecule has 18 heavy (non-hydrogen) atoms. The van der Waals surface area contributed by atoms with Gasteiger partial charge in [-0.25, -0.2) is 0 Å². The molecule has 0 saturated carbocycles. The SMILES string of the molecule is OCc1cccc(CN2CC3(CCOCC3)C2)c1. The Hall–Kier alpha value is -0.900. The van der Waals surface area contributed by atoms with E-state index in [1.54, 1.807) is 0 Å². The highest BCUT2D eigenvalue weighted by atomic mass is 16.5. The van der Waals surface area contributed by atoms with Gasteiger partial charge in [0.25, 0.3) is 0 Å². The van der Waals surface area contributed by atoms with Gasteiger partial charge in [-0.1, -0.05) is 24.3 Å². The molecule has 1 aromatic rings. The Morgan fingerprint density at radius 2 is 1.89 bits per heavy atom. The maximum atomic E-state index is 9.14. The van der Waals surface area contributed by atoms with Crippen LogP contribution in [0.2, 0.25) is 0 Å². The second kappa shape index (κ2) is 5.00. The standard InChI is InChI=1S/C15H21NO2/c17-10-14-3-1-2-13(8-14)9-16-11-15(12-16)4-6-18-7-5-15/h1-3,8,17H,4-7,9-12H2. The molecule has 2 aliphatic heterocycles. The van der Waals surface area contributed by atoms with Crippen LogP contribution in [0.1, 0.15) is 24.0 Å². The first-order valence-corrected chi connectivity index (χ1v) is 6.78. The summed E-state index contributed by atoms with van der Waals surface area (Å²) >= 11 is 0. The number of nitrogens with zero attached hydrogens (tertiary/aromatic N) is 1. The lowest BCUT2D eigenvalue weighted by molar-refractivity contribution is -0.0839. The van der Waals surface area contributed by atoms with Crippen LogP contribution in [0.4, 0.5) is 0 Å². The molecule has 3 heteroatoms. The summed E-state index contributed by atoms with van der Waals surface area (Å²) in [5, 5.41) is 9.14. The minimum Gasteiger partial charge on any atom is -0.392 e. The number of ether oxygens (including phenoxy) is 1. The highest BCUT2D eigenvalue weighted by molar-refractivity contribution is 5.23. The predicted octanol–water partition coefficient (Wildman–Crippen LogP) is 1.79. The first-order chi connectivity index (χ1) is 8.80. The van der Waals surface area contributed by atoms with Gasteiger partial charge in [0.2, 0.25) is 0 Å². The molecule has 2 saturated heterocycles. The van der Waals surface area contributed by atoms with E-state index in [-0.39, 0.29) is 6.61 Å². The van der Waals surface area contributed by atoms with Gasteiger partial charge in [-0.15, -0.1) is 0 Å². The van der Waals surface area contributed by atoms with E-state index < -0.39 is 0 Å². The van der Waals surface area contributed by atoms with Crippen molar-refractivity contribution in [2.45, 2.75) is 26.0 Å². The zero-order chi connectivity index (χ0) is 12.4. The topological polar surface area (TPSA) is 32.7 Å². The number of rotatable bonds is 3. The van der Waals surface area contributed by atoms with Crippen molar-refractivity contribution < 1.29 is 9.84 Å². The van der Waals surface area contributed by atoms with E-state index in [1.807, 2.05) is 12.1 Å². The van der Waals surface area contributed by atoms with Gasteiger partial charge < -0.3 is 9.84 Å². The maximum absolute atomic E-state index is 9.14. The van der Waals surface area contributed by atoms with Gasteiger partial charge in [0.15, 0.2) is 0 Å². The van der Waals surface area contributed by atoms with Crippen LogP contribution in [0.3, 0.4) is 0 Å². The van der Waals surface area contributed by atoms with E-state index in [1.165, 1.54) is 31.5 Å². The molecular weight excluding hydrogens is 226 g/mol. The molecule has 0 radical (unpaired) electrons. The summed E-state index contributed by atoms with van der Waals surface area (Å²) in [7, 11) is 0. The van der Waals surface area contributed by atoms with Gasteiger partial charge in [-0.05, 0) is 24.0 Å². The average molecular weight is 247 g/mol. The number of hydrogen-bond acceptors (Lipinski definition) is 3. The van der Waals surface area contributed by atoms with Crippen molar-refractivity contribution in [3.63, 3.8) is 0 Å². The van der Waals surface area contributed by atoms with Crippen molar-refractivity contribution in [2.24, 2.45) is 5.41 Å². The fraction of sp³-hybridized carbons (Fsp3) is 0.600. The van der Waals surface area contributed by atoms with E-state index in [9.17, 15) is 0 Å². The Bertz CT molecular complexity index is 405. The second-order valence-electron chi connectivity index (χ2n) is 5.74. The molecule has 0 amide bonds. The Labute approximate surface area is 108 Å². The summed E-state index contributed by atoms with van der Waals surface area (Å²) in [6.45, 7) is 5.44. The van der Waals surface area contributed by atoms with Crippen molar-refractivity contribution in [3.8, 4) is 0 Å². The third-order valence-electron chi connectivity index (χ3n) is 4.25. The Morgan fingerprint density at radius 1 is 1.17 bits per heavy atom. The quantitative estimate of drug-likeness (QED) is 0.884. The van der Waals surface area contributed by atoms with Crippen LogP contribution in [0.5, 0.6) is 0 Å². The molecule has 0 aliphatic carbocycles. The van der Waals surface area contributed by atoms with E-state index in [4.69, 9.17) is 9.84 Å². The lowest BCUT2D eigenvalue weighted by atomic mass is 9.73. The zero-order valence-corrected chi connectivity index (χ0v) is 10.8. The molecule has 2 fully saturated rings. The molecule has 1 N–H and O–H groups in total. The van der Waals surface area contributed by atoms with Crippen molar-refractivity contribution in [1.82, 2.24) is 4.90 Å². The number of benzene rings is 1. The summed E-state index contributed by atoms with van der Waals surface area (Å²) < 4.78 is 5.44. The Kier molecular flexibility index (Phi) is 3.37. The van der Waals surface area contributed by atoms with Crippen molar-refractivity contribution in [3.05, 3.63) is 35.4 Å². The molecule has 3 rings (SSSR count). The number of aliphatic hydroxyl groups excluding tert-OH is 1. The molecule has 2 heterocycles. The minimum absolute atomic E-state index is 0.134. The van der Waals surface area contributed by atoms with E-state index >= 15 is 0 Å². The molecule has 1 spiro atoms. The molecule has 3 nitrogen and oxygen atoms in total. The average Bonchev–Trinajstić information content (AvgIpc) is 2.38. The zero-order valence-electron chi connectivity index (χ0n) is 10.8. The molecule has 98 valence electrons. The summed E-state index contributed by atoms with van der Waals surface area (Å²) in [6, 6.07) is 8.26. The molecule has 0 atom stereocenters. The van der Waals surface area contributed by atoms with Crippen LogP contribution in [0.25, 0.3) is 0 Å². The summed E-state index contributed by atoms with van der Waals surface area (Å²) in [6.07, 6.45) is 2.44. The van der Waals surface area contributed by atoms with Crippen molar-refractivity contribution in [1.29, 1.82) is 0 Å². The van der Waals surface area contributed by atoms with Crippen LogP contribution < -0.4 is 0 Å². The van der Waals surface area contributed by atoms with Crippen molar-refractivity contribution in [2.75, 3.05) is 26.3 Å². The fourth-order valence-electron chi connectivity index (χ4n) is 3.22. The number of hydrogen-bond donors (Lipinski definition) is 1. The largest absolute Gasteiger partial charge is 0.392 e. The van der Waals surface area contributed by atoms with Gasteiger partial charge >= 0.3 is 0 Å². The van der Waals surface area contributed by atoms with Crippen LogP contribution in [0.15, 0.2) is 24.3 Å². The first-order valence-electron chi connectivity index (χ1n) is 6.78. The van der Waals surface area contributed by atoms with E-state index in [2.05, 4.69) is 17.0 Å². The van der Waals surface area contributed by atoms with Crippen LogP contribution >= 0.6 is 0 Å². The highest BCUT2D eigenvalue weighted by Gasteiger charge is 2.43. The van der Waals surface area contributed by atoms with Crippen molar-refractivity contribution >= 4 is 0 Å². The smallest absolute Gasteiger partial charge is 0.0681 e. The lowest BCUT2D eigenvalue weighted by Gasteiger charge is -2.52. The molecule has 0 aromatic heterocycles. The Balaban J connectivity index is 1.55.